The lowest BCUT2D eigenvalue weighted by molar-refractivity contribution is -0.383. The molecule has 17 heteroatoms. The van der Waals surface area contributed by atoms with Crippen LogP contribution in [0.1, 0.15) is 20.3 Å². The van der Waals surface area contributed by atoms with Gasteiger partial charge in [-0.1, -0.05) is 6.92 Å². The molecule has 6 unspecified atom stereocenters. The summed E-state index contributed by atoms with van der Waals surface area (Å²) in [7, 11) is 0. The highest BCUT2D eigenvalue weighted by atomic mass is 16.8. The third-order valence-electron chi connectivity index (χ3n) is 7.72. The van der Waals surface area contributed by atoms with E-state index >= 15 is 0 Å². The highest BCUT2D eigenvalue weighted by Crippen LogP contribution is 2.40. The second-order valence-electron chi connectivity index (χ2n) is 10.4. The minimum Gasteiger partial charge on any atom is -0.477 e. The van der Waals surface area contributed by atoms with Crippen LogP contribution in [0.15, 0.2) is 0 Å². The Labute approximate surface area is 228 Å². The molecule has 0 aromatic heterocycles. The van der Waals surface area contributed by atoms with Crippen LogP contribution in [0.3, 0.4) is 0 Å². The standard InChI is InChI=1S/C23H40O17/c1-7-9(27)3-23(22(34)35,39-18(7)14(30)10(28)4-24)40-20-15(31)11(5-25)37-21(17(20)33)38-19-12(6-26)36-8(2)13(29)16(19)32/h7-21,24-33H,3-6H2,1-2H3,(H,34,35)/t7-,8+,9?,10+,11?,12+,13?,14+,15-,16?,17?,18+,19+,20-,21-,23?/m0/s1. The maximum absolute atomic E-state index is 12.4. The first-order chi connectivity index (χ1) is 18.7. The lowest BCUT2D eigenvalue weighted by Crippen LogP contribution is -2.68. The van der Waals surface area contributed by atoms with Gasteiger partial charge in [0.25, 0.3) is 5.79 Å². The molecule has 0 spiro atoms. The minimum absolute atomic E-state index is 0.678. The summed E-state index contributed by atoms with van der Waals surface area (Å²) >= 11 is 0. The van der Waals surface area contributed by atoms with Crippen molar-refractivity contribution in [3.8, 4) is 0 Å². The normalized spacial score (nSPS) is 48.0. The van der Waals surface area contributed by atoms with Gasteiger partial charge in [-0.15, -0.1) is 0 Å². The first-order valence-corrected chi connectivity index (χ1v) is 12.9. The Kier molecular flexibility index (Phi) is 11.2. The Morgan fingerprint density at radius 1 is 0.900 bits per heavy atom. The van der Waals surface area contributed by atoms with Crippen LogP contribution >= 0.6 is 0 Å². The van der Waals surface area contributed by atoms with Gasteiger partial charge in [-0.25, -0.2) is 4.79 Å². The monoisotopic (exact) mass is 588 g/mol. The molecule has 0 amide bonds. The molecule has 0 aliphatic carbocycles. The van der Waals surface area contributed by atoms with Crippen molar-refractivity contribution in [2.75, 3.05) is 19.8 Å². The van der Waals surface area contributed by atoms with Crippen molar-refractivity contribution in [2.24, 2.45) is 5.92 Å². The lowest BCUT2D eigenvalue weighted by atomic mass is 9.84. The molecule has 3 saturated heterocycles. The third-order valence-corrected chi connectivity index (χ3v) is 7.72. The third kappa shape index (κ3) is 6.43. The first kappa shape index (κ1) is 33.4. The number of aliphatic carboxylic acids is 1. The quantitative estimate of drug-likeness (QED) is 0.113. The van der Waals surface area contributed by atoms with E-state index in [1.807, 2.05) is 0 Å². The number of carbonyl (C=O) groups is 1. The zero-order valence-corrected chi connectivity index (χ0v) is 21.9. The fourth-order valence-corrected chi connectivity index (χ4v) is 5.15. The molecule has 11 N–H and O–H groups in total. The van der Waals surface area contributed by atoms with Crippen LogP contribution < -0.4 is 0 Å². The van der Waals surface area contributed by atoms with E-state index in [1.54, 1.807) is 0 Å². The number of hydrogen-bond donors (Lipinski definition) is 11. The number of aliphatic hydroxyl groups is 10. The Bertz CT molecular complexity index is 831. The van der Waals surface area contributed by atoms with E-state index in [0.717, 1.165) is 0 Å². The summed E-state index contributed by atoms with van der Waals surface area (Å²) in [6.07, 6.45) is -23.5. The van der Waals surface area contributed by atoms with Gasteiger partial charge in [0, 0.05) is 12.3 Å². The molecule has 3 fully saturated rings. The largest absolute Gasteiger partial charge is 0.477 e. The lowest BCUT2D eigenvalue weighted by Gasteiger charge is -2.50. The van der Waals surface area contributed by atoms with Crippen LogP contribution in [0.25, 0.3) is 0 Å². The summed E-state index contributed by atoms with van der Waals surface area (Å²) in [5.41, 5.74) is 0. The molecule has 3 aliphatic rings. The van der Waals surface area contributed by atoms with Crippen molar-refractivity contribution >= 4 is 5.97 Å². The van der Waals surface area contributed by atoms with Gasteiger partial charge in [0.2, 0.25) is 0 Å². The Hall–Kier alpha value is -1.13. The maximum Gasteiger partial charge on any atom is 0.364 e. The first-order valence-electron chi connectivity index (χ1n) is 12.9. The summed E-state index contributed by atoms with van der Waals surface area (Å²) in [5.74, 6) is -5.63. The fourth-order valence-electron chi connectivity index (χ4n) is 5.15. The van der Waals surface area contributed by atoms with Gasteiger partial charge in [0.05, 0.1) is 38.1 Å². The summed E-state index contributed by atoms with van der Waals surface area (Å²) in [6.45, 7) is 0.352. The SMILES string of the molecule is C[C@H]1O[C@H](CO)[C@@H](O[C@@H]2OC(CO)[C@H](O)[C@H](OC3(C(=O)O)CC(O)[C@H](C)[C@H]([C@H](O)[C@H](O)CO)O3)C2O)C(O)C1O. The molecule has 234 valence electrons. The molecule has 16 atom stereocenters. The zero-order chi connectivity index (χ0) is 30.1. The van der Waals surface area contributed by atoms with E-state index in [0.29, 0.717) is 0 Å². The van der Waals surface area contributed by atoms with E-state index < -0.39 is 130 Å². The summed E-state index contributed by atoms with van der Waals surface area (Å²) < 4.78 is 27.6. The number of hydrogen-bond acceptors (Lipinski definition) is 16. The van der Waals surface area contributed by atoms with Crippen LogP contribution in [0.5, 0.6) is 0 Å². The number of aliphatic hydroxyl groups excluding tert-OH is 10. The van der Waals surface area contributed by atoms with E-state index in [1.165, 1.54) is 13.8 Å². The molecule has 3 aliphatic heterocycles. The van der Waals surface area contributed by atoms with E-state index in [4.69, 9.17) is 23.7 Å². The topological polar surface area (TPSA) is 286 Å². The summed E-state index contributed by atoms with van der Waals surface area (Å²) in [6, 6.07) is 0. The molecule has 0 radical (unpaired) electrons. The molecular formula is C23H40O17. The van der Waals surface area contributed by atoms with E-state index in [-0.39, 0.29) is 0 Å². The molecular weight excluding hydrogens is 548 g/mol. The molecule has 17 nitrogen and oxygen atoms in total. The van der Waals surface area contributed by atoms with Crippen LogP contribution in [-0.4, -0.2) is 173 Å². The highest BCUT2D eigenvalue weighted by Gasteiger charge is 2.59. The Balaban J connectivity index is 1.90. The van der Waals surface area contributed by atoms with Crippen molar-refractivity contribution in [1.29, 1.82) is 0 Å². The maximum atomic E-state index is 12.4. The van der Waals surface area contributed by atoms with Gasteiger partial charge in [-0.3, -0.25) is 0 Å². The van der Waals surface area contributed by atoms with E-state index in [9.17, 15) is 61.0 Å². The van der Waals surface area contributed by atoms with E-state index in [2.05, 4.69) is 0 Å². The number of rotatable bonds is 10. The van der Waals surface area contributed by atoms with Crippen molar-refractivity contribution < 1.29 is 84.7 Å². The Morgan fingerprint density at radius 3 is 2.08 bits per heavy atom. The number of carboxylic acid groups (broad SMARTS) is 1. The van der Waals surface area contributed by atoms with Crippen molar-refractivity contribution in [2.45, 2.75) is 112 Å². The van der Waals surface area contributed by atoms with Gasteiger partial charge in [-0.05, 0) is 6.92 Å². The van der Waals surface area contributed by atoms with Crippen LogP contribution in [0, 0.1) is 5.92 Å². The van der Waals surface area contributed by atoms with Gasteiger partial charge in [0.15, 0.2) is 6.29 Å². The fraction of sp³-hybridized carbons (Fsp3) is 0.957. The van der Waals surface area contributed by atoms with Crippen LogP contribution in [-0.2, 0) is 28.5 Å². The molecule has 0 aromatic carbocycles. The van der Waals surface area contributed by atoms with Gasteiger partial charge in [0.1, 0.15) is 61.0 Å². The van der Waals surface area contributed by atoms with Gasteiger partial charge >= 0.3 is 5.97 Å². The number of carboxylic acids is 1. The van der Waals surface area contributed by atoms with Crippen LogP contribution in [0.4, 0.5) is 0 Å². The molecule has 3 heterocycles. The second-order valence-corrected chi connectivity index (χ2v) is 10.4. The summed E-state index contributed by atoms with van der Waals surface area (Å²) in [5, 5.41) is 112. The predicted octanol–water partition coefficient (Wildman–Crippen LogP) is -6.02. The Morgan fingerprint density at radius 2 is 1.52 bits per heavy atom. The predicted molar refractivity (Wildman–Crippen MR) is 125 cm³/mol. The highest BCUT2D eigenvalue weighted by molar-refractivity contribution is 5.76. The molecule has 0 aromatic rings. The molecule has 0 bridgehead atoms. The average Bonchev–Trinajstić information content (AvgIpc) is 2.93. The van der Waals surface area contributed by atoms with Crippen molar-refractivity contribution in [1.82, 2.24) is 0 Å². The molecule has 3 rings (SSSR count). The average molecular weight is 589 g/mol. The van der Waals surface area contributed by atoms with Crippen LogP contribution in [0.2, 0.25) is 0 Å². The second kappa shape index (κ2) is 13.4. The summed E-state index contributed by atoms with van der Waals surface area (Å²) in [4.78, 5) is 12.4. The zero-order valence-electron chi connectivity index (χ0n) is 21.9. The van der Waals surface area contributed by atoms with Crippen molar-refractivity contribution in [3.05, 3.63) is 0 Å². The molecule has 40 heavy (non-hydrogen) atoms. The smallest absolute Gasteiger partial charge is 0.364 e. The molecule has 0 saturated carbocycles. The van der Waals surface area contributed by atoms with Crippen molar-refractivity contribution in [3.63, 3.8) is 0 Å². The van der Waals surface area contributed by atoms with Gasteiger partial charge in [-0.2, -0.15) is 0 Å². The minimum atomic E-state index is -2.83. The number of ether oxygens (including phenoxy) is 5. The van der Waals surface area contributed by atoms with Gasteiger partial charge < -0.3 is 79.9 Å².